The number of terminal acetylenes is 1. The molecule has 0 amide bonds. The molecule has 16 heavy (non-hydrogen) atoms. The number of carbonyl (C=O) groups is 1. The Kier molecular flexibility index (Phi) is 3.38. The van der Waals surface area contributed by atoms with E-state index in [2.05, 4.69) is 17.3 Å². The highest BCUT2D eigenvalue weighted by Gasteiger charge is 2.16. The van der Waals surface area contributed by atoms with E-state index in [1.807, 2.05) is 12.1 Å². The third kappa shape index (κ3) is 2.15. The molecule has 1 aromatic carbocycles. The maximum Gasteiger partial charge on any atom is 0.164 e. The Morgan fingerprint density at radius 3 is 3.19 bits per heavy atom. The minimum absolute atomic E-state index is 0.178. The lowest BCUT2D eigenvalue weighted by atomic mass is 9.92. The maximum absolute atomic E-state index is 12.0. The van der Waals surface area contributed by atoms with Crippen molar-refractivity contribution in [1.82, 2.24) is 5.32 Å². The SMILES string of the molecule is C#CCCC(=O)c1cccc2c1CCNC2. The van der Waals surface area contributed by atoms with Crippen molar-refractivity contribution in [3.63, 3.8) is 0 Å². The topological polar surface area (TPSA) is 29.1 Å². The van der Waals surface area contributed by atoms with E-state index < -0.39 is 0 Å². The van der Waals surface area contributed by atoms with Gasteiger partial charge in [-0.3, -0.25) is 4.79 Å². The highest BCUT2D eigenvalue weighted by Crippen LogP contribution is 2.20. The van der Waals surface area contributed by atoms with Crippen LogP contribution in [0, 0.1) is 12.3 Å². The van der Waals surface area contributed by atoms with E-state index >= 15 is 0 Å². The van der Waals surface area contributed by atoms with Gasteiger partial charge in [0.2, 0.25) is 0 Å². The number of benzene rings is 1. The molecule has 1 N–H and O–H groups in total. The summed E-state index contributed by atoms with van der Waals surface area (Å²) in [5.41, 5.74) is 3.33. The summed E-state index contributed by atoms with van der Waals surface area (Å²) in [6.07, 6.45) is 7.11. The van der Waals surface area contributed by atoms with Gasteiger partial charge in [0.25, 0.3) is 0 Å². The molecule has 0 bridgehead atoms. The molecular formula is C14H15NO. The van der Waals surface area contributed by atoms with Crippen LogP contribution in [0.4, 0.5) is 0 Å². The second-order valence-electron chi connectivity index (χ2n) is 4.00. The Morgan fingerprint density at radius 2 is 2.38 bits per heavy atom. The Bertz CT molecular complexity index is 443. The molecule has 2 rings (SSSR count). The molecule has 2 nitrogen and oxygen atoms in total. The fourth-order valence-electron chi connectivity index (χ4n) is 2.11. The highest BCUT2D eigenvalue weighted by atomic mass is 16.1. The summed E-state index contributed by atoms with van der Waals surface area (Å²) in [6.45, 7) is 1.82. The van der Waals surface area contributed by atoms with Crippen LogP contribution in [-0.4, -0.2) is 12.3 Å². The molecule has 0 aromatic heterocycles. The zero-order valence-electron chi connectivity index (χ0n) is 9.25. The lowest BCUT2D eigenvalue weighted by molar-refractivity contribution is 0.0983. The molecule has 0 unspecified atom stereocenters. The van der Waals surface area contributed by atoms with Crippen LogP contribution in [0.5, 0.6) is 0 Å². The Labute approximate surface area is 96.1 Å². The predicted octanol–water partition coefficient (Wildman–Crippen LogP) is 1.93. The first-order chi connectivity index (χ1) is 7.83. The number of carbonyl (C=O) groups excluding carboxylic acids is 1. The molecule has 82 valence electrons. The molecule has 0 spiro atoms. The van der Waals surface area contributed by atoms with Crippen molar-refractivity contribution in [2.24, 2.45) is 0 Å². The van der Waals surface area contributed by atoms with Gasteiger partial charge >= 0.3 is 0 Å². The highest BCUT2D eigenvalue weighted by molar-refractivity contribution is 5.98. The van der Waals surface area contributed by atoms with Crippen LogP contribution in [0.2, 0.25) is 0 Å². The molecule has 0 fully saturated rings. The monoisotopic (exact) mass is 213 g/mol. The van der Waals surface area contributed by atoms with Gasteiger partial charge in [-0.2, -0.15) is 0 Å². The summed E-state index contributed by atoms with van der Waals surface area (Å²) in [4.78, 5) is 12.0. The van der Waals surface area contributed by atoms with Crippen LogP contribution in [0.3, 0.4) is 0 Å². The zero-order valence-corrected chi connectivity index (χ0v) is 9.25. The summed E-state index contributed by atoms with van der Waals surface area (Å²) in [6, 6.07) is 5.96. The van der Waals surface area contributed by atoms with Gasteiger partial charge in [-0.25, -0.2) is 0 Å². The third-order valence-electron chi connectivity index (χ3n) is 2.94. The summed E-state index contributed by atoms with van der Waals surface area (Å²) >= 11 is 0. The lowest BCUT2D eigenvalue weighted by Crippen LogP contribution is -2.25. The van der Waals surface area contributed by atoms with Gasteiger partial charge in [-0.1, -0.05) is 18.2 Å². The van der Waals surface area contributed by atoms with Gasteiger partial charge in [-0.15, -0.1) is 12.3 Å². The normalized spacial score (nSPS) is 13.9. The molecule has 2 heteroatoms. The van der Waals surface area contributed by atoms with E-state index in [0.29, 0.717) is 12.8 Å². The molecule has 0 aliphatic carbocycles. The van der Waals surface area contributed by atoms with Crippen LogP contribution in [0.15, 0.2) is 18.2 Å². The number of fused-ring (bicyclic) bond motifs is 1. The Hall–Kier alpha value is -1.59. The minimum Gasteiger partial charge on any atom is -0.312 e. The number of hydrogen-bond acceptors (Lipinski definition) is 2. The van der Waals surface area contributed by atoms with E-state index in [-0.39, 0.29) is 5.78 Å². The molecule has 0 atom stereocenters. The molecule has 1 aliphatic heterocycles. The maximum atomic E-state index is 12.0. The summed E-state index contributed by atoms with van der Waals surface area (Å²) < 4.78 is 0. The molecular weight excluding hydrogens is 198 g/mol. The number of ketones is 1. The van der Waals surface area contributed by atoms with Gasteiger partial charge in [0.1, 0.15) is 0 Å². The van der Waals surface area contributed by atoms with E-state index in [0.717, 1.165) is 25.1 Å². The molecule has 0 saturated heterocycles. The summed E-state index contributed by atoms with van der Waals surface area (Å²) in [7, 11) is 0. The predicted molar refractivity (Wildman–Crippen MR) is 64.3 cm³/mol. The lowest BCUT2D eigenvalue weighted by Gasteiger charge is -2.19. The Morgan fingerprint density at radius 1 is 1.50 bits per heavy atom. The van der Waals surface area contributed by atoms with Crippen LogP contribution in [-0.2, 0) is 13.0 Å². The van der Waals surface area contributed by atoms with Crippen LogP contribution >= 0.6 is 0 Å². The average Bonchev–Trinajstić information content (AvgIpc) is 2.35. The number of rotatable bonds is 3. The Balaban J connectivity index is 2.27. The molecule has 1 aromatic rings. The quantitative estimate of drug-likeness (QED) is 0.614. The van der Waals surface area contributed by atoms with Gasteiger partial charge in [-0.05, 0) is 24.1 Å². The molecule has 0 saturated carbocycles. The summed E-state index contributed by atoms with van der Waals surface area (Å²) in [5, 5.41) is 3.31. The fraction of sp³-hybridized carbons (Fsp3) is 0.357. The largest absolute Gasteiger partial charge is 0.312 e. The summed E-state index contributed by atoms with van der Waals surface area (Å²) in [5.74, 6) is 2.69. The van der Waals surface area contributed by atoms with E-state index in [1.165, 1.54) is 11.1 Å². The van der Waals surface area contributed by atoms with E-state index in [1.54, 1.807) is 0 Å². The third-order valence-corrected chi connectivity index (χ3v) is 2.94. The van der Waals surface area contributed by atoms with E-state index in [9.17, 15) is 4.79 Å². The van der Waals surface area contributed by atoms with Crippen molar-refractivity contribution in [3.8, 4) is 12.3 Å². The minimum atomic E-state index is 0.178. The van der Waals surface area contributed by atoms with Crippen molar-refractivity contribution in [2.45, 2.75) is 25.8 Å². The van der Waals surface area contributed by atoms with Crippen LogP contribution in [0.25, 0.3) is 0 Å². The average molecular weight is 213 g/mol. The van der Waals surface area contributed by atoms with Crippen molar-refractivity contribution >= 4 is 5.78 Å². The smallest absolute Gasteiger partial charge is 0.164 e. The van der Waals surface area contributed by atoms with Crippen LogP contribution in [0.1, 0.15) is 34.3 Å². The zero-order chi connectivity index (χ0) is 11.4. The molecule has 1 heterocycles. The number of nitrogens with one attached hydrogen (secondary N) is 1. The van der Waals surface area contributed by atoms with Crippen molar-refractivity contribution in [2.75, 3.05) is 6.54 Å². The molecule has 1 aliphatic rings. The van der Waals surface area contributed by atoms with E-state index in [4.69, 9.17) is 6.42 Å². The fourth-order valence-corrected chi connectivity index (χ4v) is 2.11. The van der Waals surface area contributed by atoms with Gasteiger partial charge in [0, 0.05) is 24.9 Å². The standard InChI is InChI=1S/C14H15NO/c1-2-3-7-14(16)13-6-4-5-11-10-15-9-8-12(11)13/h1,4-6,15H,3,7-10H2. The van der Waals surface area contributed by atoms with Crippen LogP contribution < -0.4 is 5.32 Å². The first kappa shape index (κ1) is 10.9. The van der Waals surface area contributed by atoms with Crippen molar-refractivity contribution in [3.05, 3.63) is 34.9 Å². The first-order valence-corrected chi connectivity index (χ1v) is 5.61. The second-order valence-corrected chi connectivity index (χ2v) is 4.00. The van der Waals surface area contributed by atoms with Crippen molar-refractivity contribution < 1.29 is 4.79 Å². The van der Waals surface area contributed by atoms with Gasteiger partial charge < -0.3 is 5.32 Å². The van der Waals surface area contributed by atoms with Crippen molar-refractivity contribution in [1.29, 1.82) is 0 Å². The number of Topliss-reactive ketones (excluding diaryl/α,β-unsaturated/α-hetero) is 1. The molecule has 0 radical (unpaired) electrons. The van der Waals surface area contributed by atoms with Gasteiger partial charge in [0.05, 0.1) is 0 Å². The first-order valence-electron chi connectivity index (χ1n) is 5.61. The second kappa shape index (κ2) is 4.96. The van der Waals surface area contributed by atoms with Gasteiger partial charge in [0.15, 0.2) is 5.78 Å². The number of hydrogen-bond donors (Lipinski definition) is 1.